The molecule has 2 heterocycles. The highest BCUT2D eigenvalue weighted by atomic mass is 35.5. The summed E-state index contributed by atoms with van der Waals surface area (Å²) in [6.45, 7) is 2.64. The molecule has 0 bridgehead atoms. The molecule has 1 unspecified atom stereocenters. The van der Waals surface area contributed by atoms with Gasteiger partial charge in [0.25, 0.3) is 0 Å². The van der Waals surface area contributed by atoms with Gasteiger partial charge in [0.15, 0.2) is 0 Å². The summed E-state index contributed by atoms with van der Waals surface area (Å²) in [5, 5.41) is 6.36. The van der Waals surface area contributed by atoms with Crippen molar-refractivity contribution in [2.75, 3.05) is 19.7 Å². The van der Waals surface area contributed by atoms with E-state index >= 15 is 0 Å². The number of rotatable bonds is 4. The number of hydrogen-bond acceptors (Lipinski definition) is 3. The Hall–Kier alpha value is -0.320. The third-order valence-corrected chi connectivity index (χ3v) is 3.18. The van der Waals surface area contributed by atoms with E-state index in [4.69, 9.17) is 4.74 Å². The molecule has 1 amide bonds. The monoisotopic (exact) mass is 248 g/mol. The SMILES string of the molecule is Cl.O=C(NCC[C@H]1CCCN1)C1CCCO1. The van der Waals surface area contributed by atoms with Gasteiger partial charge in [-0.25, -0.2) is 0 Å². The van der Waals surface area contributed by atoms with E-state index in [-0.39, 0.29) is 24.4 Å². The number of hydrogen-bond donors (Lipinski definition) is 2. The van der Waals surface area contributed by atoms with Gasteiger partial charge in [-0.3, -0.25) is 4.79 Å². The Morgan fingerprint density at radius 2 is 2.25 bits per heavy atom. The molecule has 2 N–H and O–H groups in total. The second kappa shape index (κ2) is 7.09. The lowest BCUT2D eigenvalue weighted by Crippen LogP contribution is -2.36. The van der Waals surface area contributed by atoms with E-state index in [1.54, 1.807) is 0 Å². The Morgan fingerprint density at radius 3 is 2.88 bits per heavy atom. The Labute approximate surface area is 103 Å². The molecule has 16 heavy (non-hydrogen) atoms. The van der Waals surface area contributed by atoms with E-state index in [0.717, 1.165) is 39.0 Å². The first-order valence-electron chi connectivity index (χ1n) is 5.99. The summed E-state index contributed by atoms with van der Waals surface area (Å²) in [6.07, 6.45) is 5.27. The number of carbonyl (C=O) groups excluding carboxylic acids is 1. The van der Waals surface area contributed by atoms with Crippen molar-refractivity contribution in [3.05, 3.63) is 0 Å². The first-order valence-corrected chi connectivity index (χ1v) is 5.99. The van der Waals surface area contributed by atoms with Crippen LogP contribution in [0.25, 0.3) is 0 Å². The lowest BCUT2D eigenvalue weighted by atomic mass is 10.1. The van der Waals surface area contributed by atoms with Crippen LogP contribution in [0.2, 0.25) is 0 Å². The first-order chi connectivity index (χ1) is 7.36. The maximum atomic E-state index is 11.6. The predicted molar refractivity (Wildman–Crippen MR) is 64.9 cm³/mol. The van der Waals surface area contributed by atoms with E-state index in [2.05, 4.69) is 10.6 Å². The summed E-state index contributed by atoms with van der Waals surface area (Å²) in [5.74, 6) is 0.0745. The standard InChI is InChI=1S/C11H20N2O2.ClH/c14-11(10-4-2-8-15-10)13-7-5-9-3-1-6-12-9;/h9-10,12H,1-8H2,(H,13,14);1H/t9-,10?;/m1./s1. The number of amides is 1. The van der Waals surface area contributed by atoms with Crippen molar-refractivity contribution in [3.8, 4) is 0 Å². The van der Waals surface area contributed by atoms with Crippen molar-refractivity contribution >= 4 is 18.3 Å². The smallest absolute Gasteiger partial charge is 0.249 e. The summed E-state index contributed by atoms with van der Waals surface area (Å²) >= 11 is 0. The molecular formula is C11H21ClN2O2. The summed E-state index contributed by atoms with van der Waals surface area (Å²) in [4.78, 5) is 11.6. The number of halogens is 1. The van der Waals surface area contributed by atoms with Crippen LogP contribution in [-0.4, -0.2) is 37.7 Å². The molecule has 4 nitrogen and oxygen atoms in total. The molecule has 0 aromatic heterocycles. The molecule has 2 atom stereocenters. The van der Waals surface area contributed by atoms with E-state index in [1.807, 2.05) is 0 Å². The summed E-state index contributed by atoms with van der Waals surface area (Å²) in [7, 11) is 0. The summed E-state index contributed by atoms with van der Waals surface area (Å²) in [5.41, 5.74) is 0. The molecule has 94 valence electrons. The van der Waals surface area contributed by atoms with Gasteiger partial charge in [-0.05, 0) is 38.6 Å². The topological polar surface area (TPSA) is 50.4 Å². The fourth-order valence-corrected chi connectivity index (χ4v) is 2.27. The highest BCUT2D eigenvalue weighted by molar-refractivity contribution is 5.85. The average molecular weight is 249 g/mol. The molecule has 2 aliphatic rings. The first kappa shape index (κ1) is 13.7. The van der Waals surface area contributed by atoms with Crippen LogP contribution in [0.1, 0.15) is 32.1 Å². The number of ether oxygens (including phenoxy) is 1. The molecule has 2 aliphatic heterocycles. The minimum Gasteiger partial charge on any atom is -0.368 e. The Bertz CT molecular complexity index is 214. The van der Waals surface area contributed by atoms with Gasteiger partial charge in [0.2, 0.25) is 5.91 Å². The molecule has 0 aliphatic carbocycles. The van der Waals surface area contributed by atoms with Gasteiger partial charge in [0.1, 0.15) is 6.10 Å². The van der Waals surface area contributed by atoms with E-state index in [0.29, 0.717) is 6.04 Å². The molecule has 5 heteroatoms. The van der Waals surface area contributed by atoms with Crippen LogP contribution in [0.4, 0.5) is 0 Å². The molecule has 2 rings (SSSR count). The molecule has 0 radical (unpaired) electrons. The zero-order valence-corrected chi connectivity index (χ0v) is 10.4. The molecule has 0 aromatic carbocycles. The second-order valence-corrected chi connectivity index (χ2v) is 4.37. The van der Waals surface area contributed by atoms with Crippen LogP contribution in [0.5, 0.6) is 0 Å². The Morgan fingerprint density at radius 1 is 1.38 bits per heavy atom. The lowest BCUT2D eigenvalue weighted by molar-refractivity contribution is -0.130. The highest BCUT2D eigenvalue weighted by Crippen LogP contribution is 2.12. The van der Waals surface area contributed by atoms with E-state index in [9.17, 15) is 4.79 Å². The van der Waals surface area contributed by atoms with Gasteiger partial charge < -0.3 is 15.4 Å². The minimum absolute atomic E-state index is 0. The second-order valence-electron chi connectivity index (χ2n) is 4.37. The summed E-state index contributed by atoms with van der Waals surface area (Å²) in [6, 6.07) is 0.606. The van der Waals surface area contributed by atoms with Gasteiger partial charge in [-0.15, -0.1) is 12.4 Å². The van der Waals surface area contributed by atoms with Crippen LogP contribution < -0.4 is 10.6 Å². The zero-order valence-electron chi connectivity index (χ0n) is 9.54. The van der Waals surface area contributed by atoms with Gasteiger partial charge >= 0.3 is 0 Å². The van der Waals surface area contributed by atoms with Crippen LogP contribution in [0.3, 0.4) is 0 Å². The van der Waals surface area contributed by atoms with Crippen molar-refractivity contribution in [1.29, 1.82) is 0 Å². The van der Waals surface area contributed by atoms with Crippen molar-refractivity contribution in [2.24, 2.45) is 0 Å². The molecule has 0 saturated carbocycles. The predicted octanol–water partition coefficient (Wildman–Crippen LogP) is 0.845. The van der Waals surface area contributed by atoms with Crippen molar-refractivity contribution in [1.82, 2.24) is 10.6 Å². The van der Waals surface area contributed by atoms with Gasteiger partial charge in [-0.1, -0.05) is 0 Å². The Kier molecular flexibility index (Phi) is 6.09. The molecule has 0 aromatic rings. The Balaban J connectivity index is 0.00000128. The van der Waals surface area contributed by atoms with Crippen LogP contribution in [0, 0.1) is 0 Å². The highest BCUT2D eigenvalue weighted by Gasteiger charge is 2.23. The fourth-order valence-electron chi connectivity index (χ4n) is 2.27. The largest absolute Gasteiger partial charge is 0.368 e. The van der Waals surface area contributed by atoms with Crippen molar-refractivity contribution in [2.45, 2.75) is 44.2 Å². The zero-order chi connectivity index (χ0) is 10.5. The fraction of sp³-hybridized carbons (Fsp3) is 0.909. The minimum atomic E-state index is -0.179. The summed E-state index contributed by atoms with van der Waals surface area (Å²) < 4.78 is 5.31. The van der Waals surface area contributed by atoms with Crippen LogP contribution in [0.15, 0.2) is 0 Å². The van der Waals surface area contributed by atoms with E-state index < -0.39 is 0 Å². The average Bonchev–Trinajstić information content (AvgIpc) is 2.90. The molecule has 2 fully saturated rings. The molecule has 2 saturated heterocycles. The maximum absolute atomic E-state index is 11.6. The van der Waals surface area contributed by atoms with Gasteiger partial charge in [0, 0.05) is 19.2 Å². The molecule has 0 spiro atoms. The number of carbonyl (C=O) groups is 1. The third-order valence-electron chi connectivity index (χ3n) is 3.18. The third kappa shape index (κ3) is 3.92. The van der Waals surface area contributed by atoms with Crippen molar-refractivity contribution < 1.29 is 9.53 Å². The van der Waals surface area contributed by atoms with Crippen LogP contribution in [-0.2, 0) is 9.53 Å². The normalized spacial score (nSPS) is 28.8. The maximum Gasteiger partial charge on any atom is 0.249 e. The van der Waals surface area contributed by atoms with Gasteiger partial charge in [-0.2, -0.15) is 0 Å². The van der Waals surface area contributed by atoms with E-state index in [1.165, 1.54) is 12.8 Å². The quantitative estimate of drug-likeness (QED) is 0.776. The van der Waals surface area contributed by atoms with Crippen molar-refractivity contribution in [3.63, 3.8) is 0 Å². The number of nitrogens with one attached hydrogen (secondary N) is 2. The lowest BCUT2D eigenvalue weighted by Gasteiger charge is -2.13. The molecular weight excluding hydrogens is 228 g/mol. The van der Waals surface area contributed by atoms with Crippen LogP contribution >= 0.6 is 12.4 Å². The van der Waals surface area contributed by atoms with Gasteiger partial charge in [0.05, 0.1) is 0 Å².